The predicted octanol–water partition coefficient (Wildman–Crippen LogP) is 1.73. The number of alkyl halides is 3. The fourth-order valence-corrected chi connectivity index (χ4v) is 1.96. The van der Waals surface area contributed by atoms with Crippen LogP contribution in [0.4, 0.5) is 18.9 Å². The van der Waals surface area contributed by atoms with E-state index in [-0.39, 0.29) is 30.9 Å². The Labute approximate surface area is 115 Å². The van der Waals surface area contributed by atoms with Crippen LogP contribution in [0.1, 0.15) is 11.1 Å². The van der Waals surface area contributed by atoms with Gasteiger partial charge in [-0.25, -0.2) is 0 Å². The van der Waals surface area contributed by atoms with Crippen molar-refractivity contribution in [3.05, 3.63) is 29.3 Å². The second-order valence-corrected chi connectivity index (χ2v) is 4.72. The van der Waals surface area contributed by atoms with Crippen molar-refractivity contribution >= 4 is 5.69 Å². The maximum Gasteiger partial charge on any atom is 0.416 e. The van der Waals surface area contributed by atoms with Crippen LogP contribution in [0.5, 0.6) is 0 Å². The van der Waals surface area contributed by atoms with Crippen molar-refractivity contribution < 1.29 is 23.0 Å². The number of benzene rings is 1. The molecule has 1 unspecified atom stereocenters. The standard InChI is InChI=1S/C13H19F3N2O2/c1-18(7-11(19)8-20-2)6-9-3-4-10(17)5-12(9)13(14,15)16/h3-5,11,19H,6-8,17H2,1-2H3. The predicted molar refractivity (Wildman–Crippen MR) is 70.1 cm³/mol. The number of anilines is 1. The number of nitrogens with zero attached hydrogens (tertiary/aromatic N) is 1. The first-order chi connectivity index (χ1) is 9.24. The highest BCUT2D eigenvalue weighted by Crippen LogP contribution is 2.33. The van der Waals surface area contributed by atoms with Gasteiger partial charge in [0.15, 0.2) is 0 Å². The molecule has 0 fully saturated rings. The summed E-state index contributed by atoms with van der Waals surface area (Å²) in [6.45, 7) is 0.420. The molecule has 0 aromatic heterocycles. The molecule has 0 saturated heterocycles. The van der Waals surface area contributed by atoms with E-state index in [1.807, 2.05) is 0 Å². The Morgan fingerprint density at radius 2 is 2.05 bits per heavy atom. The molecule has 0 spiro atoms. The number of nitrogen functional groups attached to an aromatic ring is 1. The molecule has 0 radical (unpaired) electrons. The van der Waals surface area contributed by atoms with E-state index in [9.17, 15) is 18.3 Å². The molecule has 114 valence electrons. The first-order valence-electron chi connectivity index (χ1n) is 6.05. The Kier molecular flexibility index (Phi) is 5.79. The van der Waals surface area contributed by atoms with E-state index < -0.39 is 17.8 Å². The van der Waals surface area contributed by atoms with Gasteiger partial charge in [0, 0.05) is 25.9 Å². The van der Waals surface area contributed by atoms with Crippen LogP contribution in [-0.2, 0) is 17.5 Å². The van der Waals surface area contributed by atoms with E-state index >= 15 is 0 Å². The minimum absolute atomic E-state index is 0.0654. The van der Waals surface area contributed by atoms with Gasteiger partial charge in [-0.1, -0.05) is 6.07 Å². The summed E-state index contributed by atoms with van der Waals surface area (Å²) in [6.07, 6.45) is -5.19. The molecule has 20 heavy (non-hydrogen) atoms. The molecule has 0 saturated carbocycles. The van der Waals surface area contributed by atoms with E-state index in [4.69, 9.17) is 10.5 Å². The lowest BCUT2D eigenvalue weighted by Gasteiger charge is -2.22. The second kappa shape index (κ2) is 6.92. The normalized spacial score (nSPS) is 13.8. The molecule has 7 heteroatoms. The molecule has 1 aromatic carbocycles. The number of ether oxygens (including phenoxy) is 1. The highest BCUT2D eigenvalue weighted by atomic mass is 19.4. The van der Waals surface area contributed by atoms with E-state index in [0.717, 1.165) is 6.07 Å². The summed E-state index contributed by atoms with van der Waals surface area (Å²) in [5.41, 5.74) is 4.86. The Bertz CT molecular complexity index is 438. The van der Waals surface area contributed by atoms with Gasteiger partial charge in [0.05, 0.1) is 18.3 Å². The summed E-state index contributed by atoms with van der Waals surface area (Å²) in [4.78, 5) is 1.60. The van der Waals surface area contributed by atoms with E-state index in [2.05, 4.69) is 0 Å². The van der Waals surface area contributed by atoms with Crippen molar-refractivity contribution in [1.29, 1.82) is 0 Å². The van der Waals surface area contributed by atoms with Gasteiger partial charge in [0.1, 0.15) is 0 Å². The molecule has 1 aromatic rings. The van der Waals surface area contributed by atoms with E-state index in [0.29, 0.717) is 0 Å². The van der Waals surface area contributed by atoms with Gasteiger partial charge < -0.3 is 15.6 Å². The van der Waals surface area contributed by atoms with Crippen molar-refractivity contribution in [3.8, 4) is 0 Å². The smallest absolute Gasteiger partial charge is 0.399 e. The number of halogens is 3. The second-order valence-electron chi connectivity index (χ2n) is 4.72. The van der Waals surface area contributed by atoms with Crippen LogP contribution in [0.25, 0.3) is 0 Å². The largest absolute Gasteiger partial charge is 0.416 e. The molecule has 4 nitrogen and oxygen atoms in total. The average Bonchev–Trinajstić information content (AvgIpc) is 2.30. The summed E-state index contributed by atoms with van der Waals surface area (Å²) < 4.78 is 43.5. The molecule has 0 aliphatic carbocycles. The Morgan fingerprint density at radius 3 is 2.60 bits per heavy atom. The van der Waals surface area contributed by atoms with Crippen LogP contribution in [0, 0.1) is 0 Å². The lowest BCUT2D eigenvalue weighted by Crippen LogP contribution is -2.32. The number of likely N-dealkylation sites (N-methyl/N-ethyl adjacent to an activating group) is 1. The zero-order valence-corrected chi connectivity index (χ0v) is 11.4. The number of hydrogen-bond acceptors (Lipinski definition) is 4. The molecule has 1 rings (SSSR count). The zero-order chi connectivity index (χ0) is 15.3. The lowest BCUT2D eigenvalue weighted by atomic mass is 10.1. The van der Waals surface area contributed by atoms with Gasteiger partial charge in [-0.05, 0) is 24.7 Å². The van der Waals surface area contributed by atoms with Crippen LogP contribution in [0.3, 0.4) is 0 Å². The molecular formula is C13H19F3N2O2. The van der Waals surface area contributed by atoms with Gasteiger partial charge in [-0.15, -0.1) is 0 Å². The van der Waals surface area contributed by atoms with E-state index in [1.54, 1.807) is 11.9 Å². The molecule has 0 aliphatic rings. The first-order valence-corrected chi connectivity index (χ1v) is 6.05. The highest BCUT2D eigenvalue weighted by Gasteiger charge is 2.33. The summed E-state index contributed by atoms with van der Waals surface area (Å²) in [5.74, 6) is 0. The van der Waals surface area contributed by atoms with Crippen LogP contribution in [0.2, 0.25) is 0 Å². The van der Waals surface area contributed by atoms with Gasteiger partial charge in [0.2, 0.25) is 0 Å². The zero-order valence-electron chi connectivity index (χ0n) is 11.4. The van der Waals surface area contributed by atoms with Crippen LogP contribution in [0.15, 0.2) is 18.2 Å². The lowest BCUT2D eigenvalue weighted by molar-refractivity contribution is -0.138. The maximum atomic E-state index is 12.9. The quantitative estimate of drug-likeness (QED) is 0.784. The molecule has 3 N–H and O–H groups in total. The van der Waals surface area contributed by atoms with Crippen LogP contribution < -0.4 is 5.73 Å². The molecule has 0 aliphatic heterocycles. The fourth-order valence-electron chi connectivity index (χ4n) is 1.96. The van der Waals surface area contributed by atoms with Crippen LogP contribution >= 0.6 is 0 Å². The molecule has 0 amide bonds. The third-order valence-electron chi connectivity index (χ3n) is 2.76. The fraction of sp³-hybridized carbons (Fsp3) is 0.538. The van der Waals surface area contributed by atoms with Gasteiger partial charge >= 0.3 is 6.18 Å². The SMILES string of the molecule is COCC(O)CN(C)Cc1ccc(N)cc1C(F)(F)F. The topological polar surface area (TPSA) is 58.7 Å². The Balaban J connectivity index is 2.82. The van der Waals surface area contributed by atoms with Crippen molar-refractivity contribution in [3.63, 3.8) is 0 Å². The minimum atomic E-state index is -4.45. The summed E-state index contributed by atoms with van der Waals surface area (Å²) in [5, 5.41) is 9.56. The van der Waals surface area contributed by atoms with Crippen LogP contribution in [-0.4, -0.2) is 43.4 Å². The first kappa shape index (κ1) is 16.7. The maximum absolute atomic E-state index is 12.9. The van der Waals surface area contributed by atoms with Crippen molar-refractivity contribution in [2.24, 2.45) is 0 Å². The number of methoxy groups -OCH3 is 1. The van der Waals surface area contributed by atoms with Gasteiger partial charge in [0.25, 0.3) is 0 Å². The van der Waals surface area contributed by atoms with Crippen molar-refractivity contribution in [2.45, 2.75) is 18.8 Å². The summed E-state index contributed by atoms with van der Waals surface area (Å²) >= 11 is 0. The molecule has 0 heterocycles. The number of hydrogen-bond donors (Lipinski definition) is 2. The van der Waals surface area contributed by atoms with Crippen molar-refractivity contribution in [1.82, 2.24) is 4.90 Å². The van der Waals surface area contributed by atoms with E-state index in [1.165, 1.54) is 19.2 Å². The summed E-state index contributed by atoms with van der Waals surface area (Å²) in [7, 11) is 3.08. The average molecular weight is 292 g/mol. The number of aliphatic hydroxyl groups is 1. The van der Waals surface area contributed by atoms with Gasteiger partial charge in [-0.2, -0.15) is 13.2 Å². The molecular weight excluding hydrogens is 273 g/mol. The van der Waals surface area contributed by atoms with Crippen molar-refractivity contribution in [2.75, 3.05) is 33.0 Å². The Morgan fingerprint density at radius 1 is 1.40 bits per heavy atom. The minimum Gasteiger partial charge on any atom is -0.399 e. The Hall–Kier alpha value is -1.31. The highest BCUT2D eigenvalue weighted by molar-refractivity contribution is 5.46. The molecule has 0 bridgehead atoms. The van der Waals surface area contributed by atoms with Gasteiger partial charge in [-0.3, -0.25) is 4.90 Å². The summed E-state index contributed by atoms with van der Waals surface area (Å²) in [6, 6.07) is 3.72. The third-order valence-corrected chi connectivity index (χ3v) is 2.76. The monoisotopic (exact) mass is 292 g/mol. The number of nitrogens with two attached hydrogens (primary N) is 1. The third kappa shape index (κ3) is 4.99. The number of rotatable bonds is 6. The number of aliphatic hydroxyl groups excluding tert-OH is 1. The molecule has 1 atom stereocenters.